The molecule has 1 rings (SSSR count). The van der Waals surface area contributed by atoms with Gasteiger partial charge in [-0.1, -0.05) is 18.2 Å². The van der Waals surface area contributed by atoms with E-state index in [1.807, 2.05) is 0 Å². The van der Waals surface area contributed by atoms with Crippen LogP contribution in [0.15, 0.2) is 30.3 Å². The summed E-state index contributed by atoms with van der Waals surface area (Å²) in [4.78, 5) is 13.2. The Hall–Kier alpha value is -1.24. The van der Waals surface area contributed by atoms with Crippen LogP contribution < -0.4 is 9.84 Å². The first-order chi connectivity index (χ1) is 6.61. The molecule has 76 valence electrons. The zero-order valence-electron chi connectivity index (χ0n) is 7.51. The maximum Gasteiger partial charge on any atom is 0.251 e. The van der Waals surface area contributed by atoms with Crippen molar-refractivity contribution in [2.45, 2.75) is 6.92 Å². The number of para-hydroxylation sites is 1. The lowest BCUT2D eigenvalue weighted by Gasteiger charge is -2.18. The molecule has 0 heterocycles. The van der Waals surface area contributed by atoms with E-state index < -0.39 is 11.3 Å². The number of carbonyl (C=O) groups excluding carboxylic acids is 1. The Kier molecular flexibility index (Phi) is 3.75. The summed E-state index contributed by atoms with van der Waals surface area (Å²) in [6.07, 6.45) is 0. The second-order valence-electron chi connectivity index (χ2n) is 2.53. The summed E-state index contributed by atoms with van der Waals surface area (Å²) in [5.41, 5.74) is 0.516. The molecule has 1 amide bonds. The van der Waals surface area contributed by atoms with Crippen molar-refractivity contribution in [2.24, 2.45) is 0 Å². The molecule has 1 unspecified atom stereocenters. The highest BCUT2D eigenvalue weighted by Gasteiger charge is 2.12. The molecular formula is C8H10N2O3S. The molecule has 0 aliphatic carbocycles. The summed E-state index contributed by atoms with van der Waals surface area (Å²) in [6.45, 7) is 1.30. The average Bonchev–Trinajstić information content (AvgIpc) is 2.15. The van der Waals surface area contributed by atoms with Crippen molar-refractivity contribution in [1.82, 2.24) is 4.83 Å². The van der Waals surface area contributed by atoms with Gasteiger partial charge in [0.25, 0.3) is 11.3 Å². The number of anilines is 1. The van der Waals surface area contributed by atoms with E-state index in [2.05, 4.69) is 4.83 Å². The maximum absolute atomic E-state index is 11.1. The summed E-state index contributed by atoms with van der Waals surface area (Å²) in [7, 11) is 0. The molecule has 0 aliphatic rings. The first-order valence-corrected chi connectivity index (χ1v) is 4.95. The lowest BCUT2D eigenvalue weighted by molar-refractivity contribution is -0.116. The summed E-state index contributed by atoms with van der Waals surface area (Å²) in [5.74, 6) is -0.362. The number of rotatable bonds is 3. The fraction of sp³-hybridized carbons (Fsp3) is 0.125. The molecule has 14 heavy (non-hydrogen) atoms. The Labute approximate surface area is 84.1 Å². The first kappa shape index (κ1) is 10.8. The number of hydrazine groups is 1. The van der Waals surface area contributed by atoms with E-state index >= 15 is 0 Å². The molecular weight excluding hydrogens is 204 g/mol. The van der Waals surface area contributed by atoms with Gasteiger partial charge in [0.05, 0.1) is 5.69 Å². The number of hydrogen-bond donors (Lipinski definition) is 2. The van der Waals surface area contributed by atoms with E-state index in [-0.39, 0.29) is 5.91 Å². The third-order valence-corrected chi connectivity index (χ3v) is 1.84. The van der Waals surface area contributed by atoms with Crippen LogP contribution in [0.3, 0.4) is 0 Å². The van der Waals surface area contributed by atoms with Gasteiger partial charge in [-0.2, -0.15) is 0 Å². The van der Waals surface area contributed by atoms with E-state index in [1.54, 1.807) is 30.3 Å². The van der Waals surface area contributed by atoms with Crippen LogP contribution in [0.2, 0.25) is 0 Å². The van der Waals surface area contributed by atoms with Gasteiger partial charge in [0.2, 0.25) is 5.91 Å². The van der Waals surface area contributed by atoms with Crippen molar-refractivity contribution in [3.8, 4) is 0 Å². The van der Waals surface area contributed by atoms with Crippen molar-refractivity contribution in [1.29, 1.82) is 0 Å². The molecule has 0 aliphatic heterocycles. The first-order valence-electron chi connectivity index (χ1n) is 3.84. The summed E-state index contributed by atoms with van der Waals surface area (Å²) >= 11 is -2.26. The molecule has 0 saturated heterocycles. The Morgan fingerprint density at radius 2 is 2.00 bits per heavy atom. The lowest BCUT2D eigenvalue weighted by atomic mass is 10.3. The van der Waals surface area contributed by atoms with Gasteiger partial charge in [0.1, 0.15) is 0 Å². The monoisotopic (exact) mass is 214 g/mol. The molecule has 2 N–H and O–H groups in total. The molecule has 6 heteroatoms. The predicted molar refractivity (Wildman–Crippen MR) is 53.5 cm³/mol. The van der Waals surface area contributed by atoms with Gasteiger partial charge in [0.15, 0.2) is 0 Å². The van der Waals surface area contributed by atoms with Crippen LogP contribution in [-0.4, -0.2) is 14.7 Å². The number of carbonyl (C=O) groups is 1. The molecule has 1 aromatic carbocycles. The number of amides is 1. The molecule has 0 spiro atoms. The van der Waals surface area contributed by atoms with Gasteiger partial charge >= 0.3 is 0 Å². The molecule has 0 fully saturated rings. The number of nitrogens with zero attached hydrogens (tertiary/aromatic N) is 1. The normalized spacial score (nSPS) is 12.1. The van der Waals surface area contributed by atoms with Crippen LogP contribution in [0.1, 0.15) is 6.92 Å². The Balaban J connectivity index is 2.89. The number of nitrogens with one attached hydrogen (secondary N) is 1. The highest BCUT2D eigenvalue weighted by atomic mass is 32.2. The highest BCUT2D eigenvalue weighted by Crippen LogP contribution is 2.10. The van der Waals surface area contributed by atoms with Crippen LogP contribution in [-0.2, 0) is 16.1 Å². The minimum Gasteiger partial charge on any atom is -0.293 e. The van der Waals surface area contributed by atoms with Crippen molar-refractivity contribution in [3.05, 3.63) is 30.3 Å². The zero-order valence-corrected chi connectivity index (χ0v) is 8.32. The average molecular weight is 214 g/mol. The molecule has 1 aromatic rings. The maximum atomic E-state index is 11.1. The Morgan fingerprint density at radius 3 is 2.43 bits per heavy atom. The fourth-order valence-electron chi connectivity index (χ4n) is 0.954. The standard InChI is InChI=1S/C8H10N2O3S/c1-7(11)10(9-14(12)13)8-5-3-2-4-6-8/h2-6,9H,1H3,(H,12,13). The van der Waals surface area contributed by atoms with Gasteiger partial charge in [-0.3, -0.25) is 9.35 Å². The smallest absolute Gasteiger partial charge is 0.251 e. The fourth-order valence-corrected chi connectivity index (χ4v) is 1.34. The summed E-state index contributed by atoms with van der Waals surface area (Å²) in [5, 5.41) is 1.01. The predicted octanol–water partition coefficient (Wildman–Crippen LogP) is 0.681. The summed E-state index contributed by atoms with van der Waals surface area (Å²) < 4.78 is 19.1. The second-order valence-corrected chi connectivity index (χ2v) is 3.21. The van der Waals surface area contributed by atoms with Gasteiger partial charge in [0, 0.05) is 6.92 Å². The molecule has 0 bridgehead atoms. The van der Waals surface area contributed by atoms with Crippen LogP contribution in [0.5, 0.6) is 0 Å². The van der Waals surface area contributed by atoms with E-state index in [0.29, 0.717) is 5.69 Å². The van der Waals surface area contributed by atoms with Crippen LogP contribution >= 0.6 is 0 Å². The number of hydrogen-bond acceptors (Lipinski definition) is 2. The van der Waals surface area contributed by atoms with E-state index in [9.17, 15) is 9.00 Å². The van der Waals surface area contributed by atoms with Gasteiger partial charge in [-0.15, -0.1) is 4.83 Å². The van der Waals surface area contributed by atoms with Crippen LogP contribution in [0, 0.1) is 0 Å². The SMILES string of the molecule is CC(=O)N(NS(=O)O)c1ccccc1. The van der Waals surface area contributed by atoms with E-state index in [4.69, 9.17) is 4.55 Å². The minimum atomic E-state index is -2.26. The summed E-state index contributed by atoms with van der Waals surface area (Å²) in [6, 6.07) is 8.56. The van der Waals surface area contributed by atoms with Gasteiger partial charge in [-0.25, -0.2) is 9.22 Å². The third-order valence-electron chi connectivity index (χ3n) is 1.50. The highest BCUT2D eigenvalue weighted by molar-refractivity contribution is 7.77. The molecule has 0 aromatic heterocycles. The van der Waals surface area contributed by atoms with Crippen molar-refractivity contribution >= 4 is 22.9 Å². The minimum absolute atomic E-state index is 0.362. The van der Waals surface area contributed by atoms with Crippen LogP contribution in [0.4, 0.5) is 5.69 Å². The largest absolute Gasteiger partial charge is 0.293 e. The Morgan fingerprint density at radius 1 is 1.43 bits per heavy atom. The van der Waals surface area contributed by atoms with E-state index in [1.165, 1.54) is 6.92 Å². The lowest BCUT2D eigenvalue weighted by Crippen LogP contribution is -2.42. The topological polar surface area (TPSA) is 69.6 Å². The second kappa shape index (κ2) is 4.85. The van der Waals surface area contributed by atoms with Gasteiger partial charge < -0.3 is 0 Å². The van der Waals surface area contributed by atoms with Crippen molar-refractivity contribution in [2.75, 3.05) is 5.01 Å². The van der Waals surface area contributed by atoms with Crippen molar-refractivity contribution < 1.29 is 13.6 Å². The van der Waals surface area contributed by atoms with Crippen molar-refractivity contribution in [3.63, 3.8) is 0 Å². The molecule has 0 saturated carbocycles. The quantitative estimate of drug-likeness (QED) is 0.574. The third kappa shape index (κ3) is 2.91. The molecule has 0 radical (unpaired) electrons. The van der Waals surface area contributed by atoms with Gasteiger partial charge in [-0.05, 0) is 12.1 Å². The Bertz CT molecular complexity index is 342. The molecule has 5 nitrogen and oxygen atoms in total. The molecule has 1 atom stereocenters. The van der Waals surface area contributed by atoms with E-state index in [0.717, 1.165) is 5.01 Å². The number of benzene rings is 1. The van der Waals surface area contributed by atoms with Crippen LogP contribution in [0.25, 0.3) is 0 Å². The zero-order chi connectivity index (χ0) is 10.6.